The second kappa shape index (κ2) is 11.0. The number of alkyl halides is 3. The Morgan fingerprint density at radius 3 is 2.21 bits per heavy atom. The molecular weight excluding hydrogens is 666 g/mol. The van der Waals surface area contributed by atoms with Crippen molar-refractivity contribution in [2.45, 2.75) is 25.4 Å². The molecule has 0 atom stereocenters. The molecule has 0 fully saturated rings. The number of benzene rings is 2. The van der Waals surface area contributed by atoms with Crippen molar-refractivity contribution in [3.05, 3.63) is 90.4 Å². The Kier molecular flexibility index (Phi) is 8.76. The zero-order chi connectivity index (χ0) is 25.1. The number of pyridine rings is 1. The topological polar surface area (TPSA) is 31.4 Å². The first-order valence-corrected chi connectivity index (χ1v) is 12.6. The van der Waals surface area contributed by atoms with Crippen molar-refractivity contribution < 1.29 is 22.6 Å². The number of ether oxygens (including phenoxy) is 2. The molecule has 10 heteroatoms. The van der Waals surface area contributed by atoms with E-state index in [1.165, 1.54) is 0 Å². The molecule has 0 amide bonds. The van der Waals surface area contributed by atoms with Crippen LogP contribution in [0.5, 0.6) is 17.4 Å². The lowest BCUT2D eigenvalue weighted by Crippen LogP contribution is -2.18. The highest BCUT2D eigenvalue weighted by Gasteiger charge is 2.32. The molecule has 3 nitrogen and oxygen atoms in total. The Morgan fingerprint density at radius 2 is 1.65 bits per heavy atom. The van der Waals surface area contributed by atoms with Crippen LogP contribution in [0.4, 0.5) is 13.2 Å². The minimum atomic E-state index is -4.52. The smallest absolute Gasteiger partial charge is 0.417 e. The third-order valence-corrected chi connectivity index (χ3v) is 6.59. The fourth-order valence-corrected chi connectivity index (χ4v) is 4.04. The van der Waals surface area contributed by atoms with Crippen LogP contribution in [-0.4, -0.2) is 11.6 Å². The van der Waals surface area contributed by atoms with Gasteiger partial charge < -0.3 is 9.47 Å². The van der Waals surface area contributed by atoms with Gasteiger partial charge in [0, 0.05) is 11.6 Å². The maximum Gasteiger partial charge on any atom is 0.417 e. The Bertz CT molecular complexity index is 1200. The van der Waals surface area contributed by atoms with Crippen LogP contribution < -0.4 is 9.47 Å². The van der Waals surface area contributed by atoms with E-state index in [9.17, 15) is 13.2 Å². The molecule has 0 aliphatic carbocycles. The van der Waals surface area contributed by atoms with E-state index in [1.54, 1.807) is 12.1 Å². The van der Waals surface area contributed by atoms with Gasteiger partial charge in [-0.1, -0.05) is 43.6 Å². The van der Waals surface area contributed by atoms with Crippen molar-refractivity contribution in [2.24, 2.45) is 0 Å². The van der Waals surface area contributed by atoms with Crippen LogP contribution in [0.15, 0.2) is 68.7 Å². The quantitative estimate of drug-likeness (QED) is 0.249. The lowest BCUT2D eigenvalue weighted by atomic mass is 9.78. The van der Waals surface area contributed by atoms with Crippen LogP contribution in [0, 0.1) is 0 Å². The van der Waals surface area contributed by atoms with Gasteiger partial charge in [-0.05, 0) is 95.3 Å². The number of hydrogen-bond donors (Lipinski definition) is 0. The molecule has 0 spiro atoms. The molecule has 0 aliphatic heterocycles. The normalized spacial score (nSPS) is 11.8. The van der Waals surface area contributed by atoms with Crippen molar-refractivity contribution >= 4 is 59.4 Å². The summed E-state index contributed by atoms with van der Waals surface area (Å²) in [5.74, 6) is 1.04. The van der Waals surface area contributed by atoms with Gasteiger partial charge in [-0.2, -0.15) is 13.2 Å². The van der Waals surface area contributed by atoms with Gasteiger partial charge in [0.05, 0.1) is 13.4 Å². The van der Waals surface area contributed by atoms with Crippen LogP contribution in [0.25, 0.3) is 0 Å². The molecule has 0 unspecified atom stereocenters. The first kappa shape index (κ1) is 27.0. The number of halogens is 7. The molecule has 1 aromatic heterocycles. The SMILES string of the molecule is CC(C)(c1ccc(Oc2ncc(C(F)(F)F)cc2Cl)cc1)c1ccc(OCC=C(Br)Br)c(Br)c1. The molecule has 180 valence electrons. The number of rotatable bonds is 7. The zero-order valence-electron chi connectivity index (χ0n) is 17.9. The van der Waals surface area contributed by atoms with Gasteiger partial charge in [0.15, 0.2) is 0 Å². The van der Waals surface area contributed by atoms with Gasteiger partial charge in [0.25, 0.3) is 0 Å². The van der Waals surface area contributed by atoms with Crippen LogP contribution in [0.3, 0.4) is 0 Å². The van der Waals surface area contributed by atoms with E-state index in [1.807, 2.05) is 36.4 Å². The third kappa shape index (κ3) is 6.77. The van der Waals surface area contributed by atoms with Gasteiger partial charge in [-0.15, -0.1) is 0 Å². The molecule has 34 heavy (non-hydrogen) atoms. The van der Waals surface area contributed by atoms with Crippen LogP contribution in [0.2, 0.25) is 5.02 Å². The highest BCUT2D eigenvalue weighted by molar-refractivity contribution is 9.28. The fourth-order valence-electron chi connectivity index (χ4n) is 3.07. The maximum atomic E-state index is 12.8. The highest BCUT2D eigenvalue weighted by atomic mass is 79.9. The second-order valence-corrected chi connectivity index (χ2v) is 11.7. The zero-order valence-corrected chi connectivity index (χ0v) is 23.4. The van der Waals surface area contributed by atoms with Gasteiger partial charge in [-0.25, -0.2) is 4.98 Å². The van der Waals surface area contributed by atoms with E-state index in [2.05, 4.69) is 66.6 Å². The molecule has 0 bridgehead atoms. The predicted molar refractivity (Wildman–Crippen MR) is 138 cm³/mol. The summed E-state index contributed by atoms with van der Waals surface area (Å²) in [5.41, 5.74) is 0.794. The number of hydrogen-bond acceptors (Lipinski definition) is 3. The molecule has 1 heterocycles. The third-order valence-electron chi connectivity index (χ3n) is 5.06. The fraction of sp³-hybridized carbons (Fsp3) is 0.208. The molecular formula is C24H18Br3ClF3NO2. The maximum absolute atomic E-state index is 12.8. The lowest BCUT2D eigenvalue weighted by Gasteiger charge is -2.27. The van der Waals surface area contributed by atoms with E-state index in [4.69, 9.17) is 21.1 Å². The van der Waals surface area contributed by atoms with Crippen molar-refractivity contribution in [1.82, 2.24) is 4.98 Å². The minimum absolute atomic E-state index is 0.0945. The summed E-state index contributed by atoms with van der Waals surface area (Å²) in [7, 11) is 0. The van der Waals surface area contributed by atoms with E-state index < -0.39 is 11.7 Å². The summed E-state index contributed by atoms with van der Waals surface area (Å²) in [6.07, 6.45) is -1.98. The second-order valence-electron chi connectivity index (χ2n) is 7.71. The molecule has 0 saturated heterocycles. The van der Waals surface area contributed by atoms with E-state index in [-0.39, 0.29) is 16.3 Å². The lowest BCUT2D eigenvalue weighted by molar-refractivity contribution is -0.137. The molecule has 0 N–H and O–H groups in total. The first-order chi connectivity index (χ1) is 15.9. The predicted octanol–water partition coefficient (Wildman–Crippen LogP) is 9.64. The van der Waals surface area contributed by atoms with Gasteiger partial charge in [0.1, 0.15) is 23.1 Å². The molecule has 0 radical (unpaired) electrons. The summed E-state index contributed by atoms with van der Waals surface area (Å²) in [4.78, 5) is 3.71. The molecule has 3 aromatic rings. The van der Waals surface area contributed by atoms with E-state index >= 15 is 0 Å². The molecule has 2 aromatic carbocycles. The Morgan fingerprint density at radius 1 is 1.00 bits per heavy atom. The monoisotopic (exact) mass is 681 g/mol. The van der Waals surface area contributed by atoms with Crippen LogP contribution >= 0.6 is 59.4 Å². The minimum Gasteiger partial charge on any atom is -0.488 e. The van der Waals surface area contributed by atoms with Crippen LogP contribution in [0.1, 0.15) is 30.5 Å². The standard InChI is InChI=1S/C24H18Br3ClF3NO2/c1-23(2,15-5-8-20(18(25)11-15)33-10-9-21(26)27)14-3-6-17(7-4-14)34-22-19(28)12-16(13-32-22)24(29,30)31/h3-9,11-13H,10H2,1-2H3. The van der Waals surface area contributed by atoms with Gasteiger partial charge in [0.2, 0.25) is 5.88 Å². The Labute approximate surface area is 225 Å². The Balaban J connectivity index is 1.76. The molecule has 0 aliphatic rings. The number of nitrogens with zero attached hydrogens (tertiary/aromatic N) is 1. The van der Waals surface area contributed by atoms with Crippen molar-refractivity contribution in [3.63, 3.8) is 0 Å². The summed E-state index contributed by atoms with van der Waals surface area (Å²) >= 11 is 16.1. The largest absolute Gasteiger partial charge is 0.488 e. The summed E-state index contributed by atoms with van der Waals surface area (Å²) in [5, 5.41) is -0.217. The van der Waals surface area contributed by atoms with E-state index in [0.29, 0.717) is 18.6 Å². The summed E-state index contributed by atoms with van der Waals surface area (Å²) in [6, 6.07) is 14.0. The summed E-state index contributed by atoms with van der Waals surface area (Å²) in [6.45, 7) is 4.58. The highest BCUT2D eigenvalue weighted by Crippen LogP contribution is 2.38. The number of aromatic nitrogens is 1. The van der Waals surface area contributed by atoms with Crippen LogP contribution in [-0.2, 0) is 11.6 Å². The van der Waals surface area contributed by atoms with Gasteiger partial charge in [-0.3, -0.25) is 0 Å². The van der Waals surface area contributed by atoms with E-state index in [0.717, 1.165) is 30.8 Å². The average molecular weight is 685 g/mol. The van der Waals surface area contributed by atoms with Crippen molar-refractivity contribution in [1.29, 1.82) is 0 Å². The molecule has 3 rings (SSSR count). The Hall–Kier alpha value is -1.55. The first-order valence-electron chi connectivity index (χ1n) is 9.83. The van der Waals surface area contributed by atoms with Crippen molar-refractivity contribution in [2.75, 3.05) is 6.61 Å². The van der Waals surface area contributed by atoms with Gasteiger partial charge >= 0.3 is 6.18 Å². The average Bonchev–Trinajstić information content (AvgIpc) is 2.75. The summed E-state index contributed by atoms with van der Waals surface area (Å²) < 4.78 is 51.4. The van der Waals surface area contributed by atoms with Crippen molar-refractivity contribution in [3.8, 4) is 17.4 Å². The molecule has 0 saturated carbocycles.